The Morgan fingerprint density at radius 2 is 1.07 bits per heavy atom. The Bertz CT molecular complexity index is 2280. The number of aromatic nitrogens is 4. The van der Waals surface area contributed by atoms with E-state index >= 15 is 0 Å². The third-order valence-corrected chi connectivity index (χ3v) is 14.3. The van der Waals surface area contributed by atoms with E-state index in [2.05, 4.69) is 72.2 Å². The second kappa shape index (κ2) is 15.6. The summed E-state index contributed by atoms with van der Waals surface area (Å²) in [5, 5.41) is 13.7. The lowest BCUT2D eigenvalue weighted by molar-refractivity contribution is -0.0505. The molecule has 6 fully saturated rings. The van der Waals surface area contributed by atoms with Gasteiger partial charge in [-0.25, -0.2) is 0 Å². The summed E-state index contributed by atoms with van der Waals surface area (Å²) >= 11 is 0. The van der Waals surface area contributed by atoms with Gasteiger partial charge in [-0.3, -0.25) is 19.8 Å². The Hall–Kier alpha value is -5.06. The van der Waals surface area contributed by atoms with Crippen molar-refractivity contribution in [3.05, 3.63) is 96.3 Å². The predicted molar refractivity (Wildman–Crippen MR) is 227 cm³/mol. The highest BCUT2D eigenvalue weighted by molar-refractivity contribution is 5.91. The molecule has 6 saturated heterocycles. The van der Waals surface area contributed by atoms with E-state index in [4.69, 9.17) is 39.1 Å². The number of methoxy groups -OCH3 is 2. The molecule has 3 aromatic heterocycles. The van der Waals surface area contributed by atoms with E-state index < -0.39 is 0 Å². The van der Waals surface area contributed by atoms with Crippen molar-refractivity contribution < 1.29 is 18.9 Å². The molecule has 6 aliphatic rings. The largest absolute Gasteiger partial charge is 0.497 e. The minimum absolute atomic E-state index is 0.180. The summed E-state index contributed by atoms with van der Waals surface area (Å²) < 4.78 is 26.0. The monoisotopic (exact) mass is 778 g/mol. The van der Waals surface area contributed by atoms with Crippen LogP contribution in [0.15, 0.2) is 85.2 Å². The predicted octanol–water partition coefficient (Wildman–Crippen LogP) is 9.22. The first-order chi connectivity index (χ1) is 28.5. The van der Waals surface area contributed by atoms with Gasteiger partial charge in [0, 0.05) is 47.4 Å². The van der Waals surface area contributed by atoms with Crippen molar-refractivity contribution in [1.29, 1.82) is 0 Å². The Morgan fingerprint density at radius 3 is 1.47 bits per heavy atom. The van der Waals surface area contributed by atoms with Crippen molar-refractivity contribution in [2.24, 2.45) is 23.7 Å². The number of ether oxygens (including phenoxy) is 4. The van der Waals surface area contributed by atoms with Gasteiger partial charge >= 0.3 is 0 Å². The normalized spacial score (nSPS) is 27.4. The summed E-state index contributed by atoms with van der Waals surface area (Å²) in [7, 11) is 3.42. The molecule has 2 unspecified atom stereocenters. The van der Waals surface area contributed by atoms with Gasteiger partial charge < -0.3 is 18.9 Å². The van der Waals surface area contributed by atoms with Gasteiger partial charge in [0.15, 0.2) is 0 Å². The van der Waals surface area contributed by atoms with Crippen LogP contribution in [0.25, 0.3) is 32.6 Å². The second-order valence-corrected chi connectivity index (χ2v) is 17.0. The van der Waals surface area contributed by atoms with Crippen LogP contribution in [-0.2, 0) is 0 Å². The van der Waals surface area contributed by atoms with Crippen LogP contribution < -0.4 is 18.9 Å². The quantitative estimate of drug-likeness (QED) is 0.120. The Morgan fingerprint density at radius 1 is 0.603 bits per heavy atom. The van der Waals surface area contributed by atoms with Crippen LogP contribution in [0.2, 0.25) is 0 Å². The van der Waals surface area contributed by atoms with E-state index in [1.54, 1.807) is 14.2 Å². The molecule has 4 bridgehead atoms. The van der Waals surface area contributed by atoms with Crippen molar-refractivity contribution in [3.63, 3.8) is 0 Å². The lowest BCUT2D eigenvalue weighted by Gasteiger charge is -2.52. The summed E-state index contributed by atoms with van der Waals surface area (Å²) in [6.07, 6.45) is 10.2. The molecule has 12 rings (SSSR count). The molecule has 6 aromatic rings. The van der Waals surface area contributed by atoms with Crippen molar-refractivity contribution in [3.8, 4) is 23.3 Å². The highest BCUT2D eigenvalue weighted by Gasteiger charge is 2.46. The van der Waals surface area contributed by atoms with Crippen LogP contribution in [0.4, 0.5) is 0 Å². The maximum Gasteiger partial charge on any atom is 0.242 e. The summed E-state index contributed by atoms with van der Waals surface area (Å²) in [6, 6.07) is 25.1. The minimum atomic E-state index is -0.300. The van der Waals surface area contributed by atoms with Crippen molar-refractivity contribution in [2.75, 3.05) is 40.4 Å². The Balaban J connectivity index is 1.06. The first-order valence-electron chi connectivity index (χ1n) is 21.5. The number of nitrogens with zero attached hydrogens (tertiary/aromatic N) is 6. The Kier molecular flexibility index (Phi) is 10.0. The topological polar surface area (TPSA) is 95.0 Å². The molecule has 9 heterocycles. The van der Waals surface area contributed by atoms with E-state index in [-0.39, 0.29) is 24.3 Å². The van der Waals surface area contributed by atoms with Crippen LogP contribution in [-0.4, -0.2) is 82.4 Å². The average molecular weight is 779 g/mol. The van der Waals surface area contributed by atoms with Gasteiger partial charge in [-0.2, -0.15) is 0 Å². The zero-order valence-electron chi connectivity index (χ0n) is 34.1. The smallest absolute Gasteiger partial charge is 0.242 e. The van der Waals surface area contributed by atoms with Gasteiger partial charge in [0.05, 0.1) is 48.1 Å². The number of benzene rings is 3. The minimum Gasteiger partial charge on any atom is -0.497 e. The molecular formula is C48H54N6O4. The first-order valence-corrected chi connectivity index (χ1v) is 21.5. The van der Waals surface area contributed by atoms with Crippen molar-refractivity contribution in [1.82, 2.24) is 30.0 Å². The van der Waals surface area contributed by atoms with E-state index in [0.29, 0.717) is 35.4 Å². The summed E-state index contributed by atoms with van der Waals surface area (Å²) in [5.41, 5.74) is 4.01. The van der Waals surface area contributed by atoms with Crippen molar-refractivity contribution >= 4 is 32.6 Å². The third kappa shape index (κ3) is 6.58. The Labute approximate surface area is 340 Å². The van der Waals surface area contributed by atoms with Gasteiger partial charge in [0.1, 0.15) is 23.7 Å². The molecular weight excluding hydrogens is 725 g/mol. The zero-order valence-corrected chi connectivity index (χ0v) is 34.1. The standard InChI is InChI=1S/C48H54N6O4/c1-5-29-27-53-21-17-31(29)23-43(53)45(35-15-19-49-41-13-11-33(55-3)25-39(35)41)57-47-37-9-7-8-10-38(37)48(52-51-47)58-46(44-24-32-18-22-54(44)28-30(32)6-2)36-16-20-50-42-14-12-34(56-4)26-40(36)42/h7-16,19-20,25-26,29-32,43-46H,5-6,17-18,21-24,27-28H2,1-4H3/t29-,30-,31-,32+,43-,44+,45-,46+/m0/s1. The van der Waals surface area contributed by atoms with E-state index in [1.165, 1.54) is 25.7 Å². The van der Waals surface area contributed by atoms with E-state index in [1.807, 2.05) is 36.7 Å². The molecule has 0 spiro atoms. The molecule has 0 radical (unpaired) electrons. The molecule has 58 heavy (non-hydrogen) atoms. The van der Waals surface area contributed by atoms with Crippen LogP contribution in [0.1, 0.15) is 75.7 Å². The maximum atomic E-state index is 7.30. The van der Waals surface area contributed by atoms with Gasteiger partial charge in [-0.15, -0.1) is 10.2 Å². The highest BCUT2D eigenvalue weighted by Crippen LogP contribution is 2.47. The fraction of sp³-hybridized carbons (Fsp3) is 0.458. The SMILES string of the molecule is CC[C@H]1CN2CC[C@@H]1C[C@@H]2[C@H](Oc1nnc(O[C@@H](c2ccnc3ccc(OC)cc23)[C@@H]2C[C@@H]3CCN2C[C@@H]3CC)c2ccccc12)c1ccnc2ccc(OC)cc12. The van der Waals surface area contributed by atoms with Crippen LogP contribution in [0.3, 0.4) is 0 Å². The van der Waals surface area contributed by atoms with Gasteiger partial charge in [-0.1, -0.05) is 38.8 Å². The molecule has 10 heteroatoms. The third-order valence-electron chi connectivity index (χ3n) is 14.3. The lowest BCUT2D eigenvalue weighted by atomic mass is 9.72. The van der Waals surface area contributed by atoms with Crippen LogP contribution >= 0.6 is 0 Å². The maximum absolute atomic E-state index is 7.30. The van der Waals surface area contributed by atoms with Gasteiger partial charge in [0.25, 0.3) is 0 Å². The second-order valence-electron chi connectivity index (χ2n) is 17.0. The molecule has 300 valence electrons. The molecule has 10 atom stereocenters. The summed E-state index contributed by atoms with van der Waals surface area (Å²) in [6.45, 7) is 9.00. The number of hydrogen-bond acceptors (Lipinski definition) is 10. The molecule has 10 nitrogen and oxygen atoms in total. The van der Waals surface area contributed by atoms with Crippen LogP contribution in [0.5, 0.6) is 23.3 Å². The highest BCUT2D eigenvalue weighted by atomic mass is 16.5. The summed E-state index contributed by atoms with van der Waals surface area (Å²) in [5.74, 6) is 5.39. The number of piperidine rings is 6. The summed E-state index contributed by atoms with van der Waals surface area (Å²) in [4.78, 5) is 14.8. The fourth-order valence-electron chi connectivity index (χ4n) is 11.1. The van der Waals surface area contributed by atoms with Crippen LogP contribution in [0, 0.1) is 23.7 Å². The molecule has 6 aliphatic heterocycles. The van der Waals surface area contributed by atoms with E-state index in [9.17, 15) is 0 Å². The van der Waals surface area contributed by atoms with Gasteiger partial charge in [-0.05, 0) is 123 Å². The molecule has 0 aliphatic carbocycles. The number of pyridine rings is 2. The first kappa shape index (κ1) is 37.2. The van der Waals surface area contributed by atoms with Crippen molar-refractivity contribution in [2.45, 2.75) is 76.7 Å². The number of rotatable bonds is 12. The lowest BCUT2D eigenvalue weighted by Crippen LogP contribution is -2.56. The fourth-order valence-corrected chi connectivity index (χ4v) is 11.1. The zero-order chi connectivity index (χ0) is 39.3. The van der Waals surface area contributed by atoms with Gasteiger partial charge in [0.2, 0.25) is 11.8 Å². The molecule has 0 N–H and O–H groups in total. The average Bonchev–Trinajstić information content (AvgIpc) is 3.29. The number of fused-ring (bicyclic) bond motifs is 9. The number of hydrogen-bond donors (Lipinski definition) is 0. The van der Waals surface area contributed by atoms with E-state index in [0.717, 1.165) is 94.2 Å². The molecule has 3 aromatic carbocycles. The molecule has 0 saturated carbocycles. The molecule has 0 amide bonds.